The normalized spacial score (nSPS) is 16.9. The van der Waals surface area contributed by atoms with Crippen LogP contribution in [0.2, 0.25) is 0 Å². The van der Waals surface area contributed by atoms with Gasteiger partial charge in [-0.3, -0.25) is 13.8 Å². The van der Waals surface area contributed by atoms with Crippen LogP contribution < -0.4 is 15.3 Å². The van der Waals surface area contributed by atoms with Crippen molar-refractivity contribution < 1.29 is 17.9 Å². The van der Waals surface area contributed by atoms with Crippen molar-refractivity contribution in [1.82, 2.24) is 18.9 Å². The van der Waals surface area contributed by atoms with E-state index in [0.29, 0.717) is 22.7 Å². The summed E-state index contributed by atoms with van der Waals surface area (Å²) in [6.45, 7) is 1.32. The third-order valence-corrected chi connectivity index (χ3v) is 7.84. The van der Waals surface area contributed by atoms with E-state index in [1.165, 1.54) is 36.7 Å². The van der Waals surface area contributed by atoms with Crippen molar-refractivity contribution >= 4 is 16.9 Å². The second kappa shape index (κ2) is 9.25. The number of benzene rings is 2. The molecule has 38 heavy (non-hydrogen) atoms. The number of para-hydroxylation sites is 1. The van der Waals surface area contributed by atoms with E-state index in [9.17, 15) is 18.0 Å². The zero-order valence-electron chi connectivity index (χ0n) is 21.4. The van der Waals surface area contributed by atoms with Crippen molar-refractivity contribution in [3.8, 4) is 5.75 Å². The summed E-state index contributed by atoms with van der Waals surface area (Å²) < 4.78 is 51.9. The van der Waals surface area contributed by atoms with E-state index in [4.69, 9.17) is 4.74 Å². The summed E-state index contributed by atoms with van der Waals surface area (Å²) in [6, 6.07) is 12.9. The predicted octanol–water partition coefficient (Wildman–Crippen LogP) is 5.33. The lowest BCUT2D eigenvalue weighted by Gasteiger charge is -2.33. The summed E-state index contributed by atoms with van der Waals surface area (Å²) in [4.78, 5) is 16.2. The number of methoxy groups -OCH3 is 1. The smallest absolute Gasteiger partial charge is 0.416 e. The minimum absolute atomic E-state index is 0.0459. The molecule has 1 aliphatic carbocycles. The lowest BCUT2D eigenvalue weighted by atomic mass is 10.0. The number of halogens is 3. The van der Waals surface area contributed by atoms with Gasteiger partial charge in [0, 0.05) is 38.2 Å². The van der Waals surface area contributed by atoms with E-state index >= 15 is 0 Å². The number of aromatic nitrogens is 4. The Morgan fingerprint density at radius 3 is 2.45 bits per heavy atom. The van der Waals surface area contributed by atoms with Crippen LogP contribution in [0.1, 0.15) is 54.5 Å². The Hall–Kier alpha value is -3.69. The zero-order valence-corrected chi connectivity index (χ0v) is 21.4. The summed E-state index contributed by atoms with van der Waals surface area (Å²) in [5.41, 5.74) is 1.32. The number of hydrogen-bond acceptors (Lipinski definition) is 4. The molecule has 0 radical (unpaired) electrons. The molecular weight excluding hydrogens is 495 g/mol. The molecule has 0 bridgehead atoms. The first kappa shape index (κ1) is 24.6. The van der Waals surface area contributed by atoms with Crippen LogP contribution in [0, 0.1) is 0 Å². The highest BCUT2D eigenvalue weighted by Gasteiger charge is 2.34. The van der Waals surface area contributed by atoms with E-state index in [1.807, 2.05) is 23.9 Å². The minimum Gasteiger partial charge on any atom is -0.494 e. The predicted molar refractivity (Wildman–Crippen MR) is 139 cm³/mol. The highest BCUT2D eigenvalue weighted by Crippen LogP contribution is 2.41. The zero-order chi connectivity index (χ0) is 26.6. The Morgan fingerprint density at radius 1 is 1.03 bits per heavy atom. The van der Waals surface area contributed by atoms with E-state index in [1.54, 1.807) is 16.7 Å². The number of hydrogen-bond donors (Lipinski definition) is 0. The van der Waals surface area contributed by atoms with E-state index in [2.05, 4.69) is 16.1 Å². The molecule has 1 saturated carbocycles. The number of rotatable bonds is 6. The molecule has 0 unspecified atom stereocenters. The first-order chi connectivity index (χ1) is 18.3. The summed E-state index contributed by atoms with van der Waals surface area (Å²) in [5, 5.41) is 4.69. The molecule has 1 saturated heterocycles. The first-order valence-electron chi connectivity index (χ1n) is 13.0. The highest BCUT2D eigenvalue weighted by atomic mass is 19.4. The number of imidazole rings is 1. The highest BCUT2D eigenvalue weighted by molar-refractivity contribution is 5.83. The summed E-state index contributed by atoms with van der Waals surface area (Å²) in [6.07, 6.45) is -0.649. The van der Waals surface area contributed by atoms with E-state index in [-0.39, 0.29) is 23.8 Å². The summed E-state index contributed by atoms with van der Waals surface area (Å²) >= 11 is 0. The standard InChI is InChI=1S/C28H30F3N5O2/c1-33-25(16-22(32-33)18-10-11-18)34-14-12-20(13-15-34)36-23-8-5-9-24(38-2)26(23)35(27(36)37)17-19-6-3-4-7-21(19)28(29,30)31/h3-9,16,18,20H,10-15,17H2,1-2H3. The molecular formula is C28H30F3N5O2. The molecule has 2 aromatic carbocycles. The van der Waals surface area contributed by atoms with Crippen LogP contribution in [-0.2, 0) is 19.8 Å². The van der Waals surface area contributed by atoms with Gasteiger partial charge in [-0.1, -0.05) is 24.3 Å². The molecule has 2 aromatic heterocycles. The lowest BCUT2D eigenvalue weighted by molar-refractivity contribution is -0.138. The van der Waals surface area contributed by atoms with Gasteiger partial charge >= 0.3 is 11.9 Å². The van der Waals surface area contributed by atoms with Gasteiger partial charge in [0.2, 0.25) is 0 Å². The SMILES string of the molecule is COc1cccc2c1n(Cc1ccccc1C(F)(F)F)c(=O)n2C1CCN(c2cc(C3CC3)nn2C)CC1. The van der Waals surface area contributed by atoms with Gasteiger partial charge in [0.1, 0.15) is 17.1 Å². The van der Waals surface area contributed by atoms with Crippen molar-refractivity contribution in [2.24, 2.45) is 7.05 Å². The molecule has 7 nitrogen and oxygen atoms in total. The van der Waals surface area contributed by atoms with Crippen molar-refractivity contribution in [2.45, 2.75) is 50.4 Å². The van der Waals surface area contributed by atoms with Gasteiger partial charge in [0.05, 0.1) is 30.4 Å². The van der Waals surface area contributed by atoms with Crippen LogP contribution >= 0.6 is 0 Å². The van der Waals surface area contributed by atoms with Crippen LogP contribution in [0.25, 0.3) is 11.0 Å². The van der Waals surface area contributed by atoms with Crippen molar-refractivity contribution in [3.63, 3.8) is 0 Å². The number of alkyl halides is 3. The van der Waals surface area contributed by atoms with Gasteiger partial charge in [-0.2, -0.15) is 18.3 Å². The first-order valence-corrected chi connectivity index (χ1v) is 13.0. The molecule has 0 atom stereocenters. The minimum atomic E-state index is -4.51. The number of nitrogens with zero attached hydrogens (tertiary/aromatic N) is 5. The number of aryl methyl sites for hydroxylation is 1. The summed E-state index contributed by atoms with van der Waals surface area (Å²) in [5.74, 6) is 2.13. The van der Waals surface area contributed by atoms with E-state index < -0.39 is 11.7 Å². The quantitative estimate of drug-likeness (QED) is 0.342. The maximum atomic E-state index is 13.9. The Kier molecular flexibility index (Phi) is 6.00. The molecule has 1 aliphatic heterocycles. The van der Waals surface area contributed by atoms with E-state index in [0.717, 1.165) is 43.5 Å². The molecule has 200 valence electrons. The van der Waals surface area contributed by atoms with Crippen molar-refractivity contribution in [2.75, 3.05) is 25.1 Å². The molecule has 0 spiro atoms. The van der Waals surface area contributed by atoms with Crippen LogP contribution in [0.15, 0.2) is 53.3 Å². The Balaban J connectivity index is 1.35. The fourth-order valence-corrected chi connectivity index (χ4v) is 5.78. The van der Waals surface area contributed by atoms with Crippen LogP contribution in [0.5, 0.6) is 5.75 Å². The Morgan fingerprint density at radius 2 is 1.76 bits per heavy atom. The van der Waals surface area contributed by atoms with Crippen molar-refractivity contribution in [3.05, 3.63) is 75.8 Å². The van der Waals surface area contributed by atoms with Gasteiger partial charge in [-0.25, -0.2) is 4.79 Å². The molecule has 0 amide bonds. The number of ether oxygens (including phenoxy) is 1. The second-order valence-corrected chi connectivity index (χ2v) is 10.3. The molecule has 0 N–H and O–H groups in total. The lowest BCUT2D eigenvalue weighted by Crippen LogP contribution is -2.38. The van der Waals surface area contributed by atoms with Crippen molar-refractivity contribution in [1.29, 1.82) is 0 Å². The molecule has 10 heteroatoms. The maximum absolute atomic E-state index is 13.9. The fourth-order valence-electron chi connectivity index (χ4n) is 5.78. The monoisotopic (exact) mass is 525 g/mol. The average Bonchev–Trinajstić information content (AvgIpc) is 3.63. The van der Waals surface area contributed by atoms with Gasteiger partial charge in [0.15, 0.2) is 0 Å². The Bertz CT molecular complexity index is 1540. The molecule has 6 rings (SSSR count). The largest absolute Gasteiger partial charge is 0.494 e. The van der Waals surface area contributed by atoms with Gasteiger partial charge in [-0.15, -0.1) is 0 Å². The molecule has 2 aliphatic rings. The van der Waals surface area contributed by atoms with Gasteiger partial charge in [0.25, 0.3) is 0 Å². The number of fused-ring (bicyclic) bond motifs is 1. The van der Waals surface area contributed by atoms with Crippen LogP contribution in [0.4, 0.5) is 19.0 Å². The third kappa shape index (κ3) is 4.25. The average molecular weight is 526 g/mol. The second-order valence-electron chi connectivity index (χ2n) is 10.3. The van der Waals surface area contributed by atoms with Crippen LogP contribution in [0.3, 0.4) is 0 Å². The number of piperidine rings is 1. The maximum Gasteiger partial charge on any atom is 0.416 e. The Labute approximate surface area is 218 Å². The molecule has 3 heterocycles. The fraction of sp³-hybridized carbons (Fsp3) is 0.429. The molecule has 2 fully saturated rings. The van der Waals surface area contributed by atoms with Gasteiger partial charge in [-0.05, 0) is 49.4 Å². The third-order valence-electron chi connectivity index (χ3n) is 7.84. The number of anilines is 1. The summed E-state index contributed by atoms with van der Waals surface area (Å²) in [7, 11) is 3.48. The molecule has 4 aromatic rings. The topological polar surface area (TPSA) is 57.2 Å². The van der Waals surface area contributed by atoms with Crippen LogP contribution in [-0.4, -0.2) is 39.1 Å². The van der Waals surface area contributed by atoms with Gasteiger partial charge < -0.3 is 9.64 Å².